The van der Waals surface area contributed by atoms with Gasteiger partial charge in [-0.05, 0) is 55.5 Å². The normalized spacial score (nSPS) is 15.9. The van der Waals surface area contributed by atoms with E-state index in [0.717, 1.165) is 37.5 Å². The molecule has 0 aromatic heterocycles. The lowest BCUT2D eigenvalue weighted by atomic mass is 9.95. The molecular formula is C31H43N3O7S. The van der Waals surface area contributed by atoms with Crippen LogP contribution in [0.15, 0.2) is 42.5 Å². The predicted octanol–water partition coefficient (Wildman–Crippen LogP) is 4.27. The molecule has 0 saturated heterocycles. The van der Waals surface area contributed by atoms with Crippen LogP contribution in [0, 0.1) is 0 Å². The molecule has 0 spiro atoms. The van der Waals surface area contributed by atoms with Gasteiger partial charge < -0.3 is 24.4 Å². The Balaban J connectivity index is 1.49. The first kappa shape index (κ1) is 31.5. The summed E-state index contributed by atoms with van der Waals surface area (Å²) in [5.74, 6) is 1.37. The fraction of sp³-hybridized carbons (Fsp3) is 0.548. The van der Waals surface area contributed by atoms with Gasteiger partial charge in [0.2, 0.25) is 21.8 Å². The number of benzene rings is 2. The number of nitrogens with one attached hydrogen (secondary N) is 1. The second-order valence-electron chi connectivity index (χ2n) is 10.9. The summed E-state index contributed by atoms with van der Waals surface area (Å²) in [4.78, 5) is 28.9. The molecule has 0 radical (unpaired) electrons. The Morgan fingerprint density at radius 2 is 1.79 bits per heavy atom. The molecule has 11 heteroatoms. The molecule has 1 aliphatic heterocycles. The molecule has 0 unspecified atom stereocenters. The Hall–Kier alpha value is -3.47. The molecule has 2 aromatic carbocycles. The molecule has 2 amide bonds. The van der Waals surface area contributed by atoms with Crippen LogP contribution in [0.5, 0.6) is 17.2 Å². The summed E-state index contributed by atoms with van der Waals surface area (Å²) < 4.78 is 43.3. The minimum absolute atomic E-state index is 0.0771. The monoisotopic (exact) mass is 601 g/mol. The van der Waals surface area contributed by atoms with Gasteiger partial charge in [-0.15, -0.1) is 0 Å². The van der Waals surface area contributed by atoms with Crippen molar-refractivity contribution in [2.24, 2.45) is 0 Å². The van der Waals surface area contributed by atoms with E-state index in [4.69, 9.17) is 14.2 Å². The zero-order valence-electron chi connectivity index (χ0n) is 24.8. The van der Waals surface area contributed by atoms with Crippen LogP contribution in [-0.4, -0.2) is 70.3 Å². The van der Waals surface area contributed by atoms with Gasteiger partial charge in [-0.3, -0.25) is 13.9 Å². The van der Waals surface area contributed by atoms with Gasteiger partial charge in [0.15, 0.2) is 11.5 Å². The molecule has 1 aliphatic carbocycles. The molecule has 4 rings (SSSR count). The largest absolute Gasteiger partial charge is 0.497 e. The first-order valence-electron chi connectivity index (χ1n) is 14.8. The van der Waals surface area contributed by atoms with E-state index in [1.807, 2.05) is 31.2 Å². The van der Waals surface area contributed by atoms with Crippen LogP contribution in [0.1, 0.15) is 63.9 Å². The quantitative estimate of drug-likeness (QED) is 0.365. The number of rotatable bonds is 13. The fourth-order valence-electron chi connectivity index (χ4n) is 5.62. The summed E-state index contributed by atoms with van der Waals surface area (Å²) in [5.41, 5.74) is 1.29. The van der Waals surface area contributed by atoms with Crippen LogP contribution in [-0.2, 0) is 26.2 Å². The summed E-state index contributed by atoms with van der Waals surface area (Å²) in [5, 5.41) is 3.19. The van der Waals surface area contributed by atoms with Gasteiger partial charge in [0.25, 0.3) is 0 Å². The average Bonchev–Trinajstić information content (AvgIpc) is 2.99. The lowest BCUT2D eigenvalue weighted by Crippen LogP contribution is -2.51. The predicted molar refractivity (Wildman–Crippen MR) is 161 cm³/mol. The van der Waals surface area contributed by atoms with E-state index >= 15 is 0 Å². The number of carbonyl (C=O) groups excluding carboxylic acids is 2. The number of methoxy groups -OCH3 is 1. The van der Waals surface area contributed by atoms with Crippen molar-refractivity contribution in [2.75, 3.05) is 37.4 Å². The molecule has 2 aliphatic rings. The van der Waals surface area contributed by atoms with Gasteiger partial charge >= 0.3 is 0 Å². The summed E-state index contributed by atoms with van der Waals surface area (Å²) in [6.45, 7) is 3.07. The van der Waals surface area contributed by atoms with E-state index in [9.17, 15) is 18.0 Å². The van der Waals surface area contributed by atoms with Crippen molar-refractivity contribution in [2.45, 2.75) is 76.9 Å². The zero-order valence-corrected chi connectivity index (χ0v) is 25.7. The molecular weight excluding hydrogens is 558 g/mol. The average molecular weight is 602 g/mol. The lowest BCUT2D eigenvalue weighted by molar-refractivity contribution is -0.141. The second-order valence-corrected chi connectivity index (χ2v) is 12.8. The Morgan fingerprint density at radius 1 is 1.05 bits per heavy atom. The van der Waals surface area contributed by atoms with Crippen molar-refractivity contribution in [1.29, 1.82) is 0 Å². The first-order valence-corrected chi connectivity index (χ1v) is 16.6. The highest BCUT2D eigenvalue weighted by atomic mass is 32.2. The Labute approximate surface area is 249 Å². The molecule has 1 saturated carbocycles. The molecule has 42 heavy (non-hydrogen) atoms. The summed E-state index contributed by atoms with van der Waals surface area (Å²) >= 11 is 0. The van der Waals surface area contributed by atoms with Crippen LogP contribution < -0.4 is 23.8 Å². The topological polar surface area (TPSA) is 114 Å². The van der Waals surface area contributed by atoms with Gasteiger partial charge in [-0.1, -0.05) is 38.3 Å². The Bertz CT molecular complexity index is 1330. The van der Waals surface area contributed by atoms with Crippen molar-refractivity contribution >= 4 is 27.5 Å². The second kappa shape index (κ2) is 14.6. The summed E-state index contributed by atoms with van der Waals surface area (Å²) in [6, 6.07) is 12.0. The lowest BCUT2D eigenvalue weighted by Gasteiger charge is -2.33. The molecule has 2 aromatic rings. The molecule has 0 bridgehead atoms. The number of amides is 2. The molecule has 1 heterocycles. The maximum absolute atomic E-state index is 13.8. The Kier molecular flexibility index (Phi) is 11.0. The van der Waals surface area contributed by atoms with Crippen LogP contribution in [0.25, 0.3) is 0 Å². The Morgan fingerprint density at radius 3 is 2.48 bits per heavy atom. The van der Waals surface area contributed by atoms with Crippen molar-refractivity contribution in [3.05, 3.63) is 48.0 Å². The van der Waals surface area contributed by atoms with Crippen LogP contribution >= 0.6 is 0 Å². The number of sulfonamides is 1. The van der Waals surface area contributed by atoms with Gasteiger partial charge in [0.05, 0.1) is 19.1 Å². The maximum atomic E-state index is 13.8. The van der Waals surface area contributed by atoms with E-state index in [1.54, 1.807) is 30.2 Å². The first-order chi connectivity index (χ1) is 20.2. The standard InChI is InChI=1S/C31H43N3O7S/c1-4-27(31(36)32-24-11-6-5-7-12-24)33(22-23-10-8-13-26(20-23)39-2)30(35)14-9-17-34(42(3,37)38)25-15-16-28-29(21-25)41-19-18-40-28/h8,10,13,15-16,20-21,24,27H,4-7,9,11-12,14,17-19,22H2,1-3H3,(H,32,36)/t27-/m0/s1. The van der Waals surface area contributed by atoms with E-state index in [-0.39, 0.29) is 43.8 Å². The van der Waals surface area contributed by atoms with E-state index in [2.05, 4.69) is 5.32 Å². The molecule has 230 valence electrons. The van der Waals surface area contributed by atoms with Gasteiger partial charge in [0, 0.05) is 31.6 Å². The molecule has 1 atom stereocenters. The zero-order chi connectivity index (χ0) is 30.1. The SMILES string of the molecule is CC[C@@H](C(=O)NC1CCCCC1)N(Cc1cccc(OC)c1)C(=O)CCCN(c1ccc2c(c1)OCCO2)S(C)(=O)=O. The number of fused-ring (bicyclic) bond motifs is 1. The number of hydrogen-bond donors (Lipinski definition) is 1. The van der Waals surface area contributed by atoms with E-state index < -0.39 is 16.1 Å². The van der Waals surface area contributed by atoms with Crippen LogP contribution in [0.4, 0.5) is 5.69 Å². The highest BCUT2D eigenvalue weighted by Crippen LogP contribution is 2.35. The minimum Gasteiger partial charge on any atom is -0.497 e. The molecule has 1 fully saturated rings. The fourth-order valence-corrected chi connectivity index (χ4v) is 6.58. The number of nitrogens with zero attached hydrogens (tertiary/aromatic N) is 2. The summed E-state index contributed by atoms with van der Waals surface area (Å²) in [7, 11) is -2.05. The van der Waals surface area contributed by atoms with Crippen LogP contribution in [0.3, 0.4) is 0 Å². The third-order valence-corrected chi connectivity index (χ3v) is 8.98. The van der Waals surface area contributed by atoms with E-state index in [1.165, 1.54) is 10.7 Å². The third-order valence-electron chi connectivity index (χ3n) is 7.79. The molecule has 10 nitrogen and oxygen atoms in total. The summed E-state index contributed by atoms with van der Waals surface area (Å²) in [6.07, 6.45) is 7.22. The number of carbonyl (C=O) groups is 2. The van der Waals surface area contributed by atoms with Crippen molar-refractivity contribution < 1.29 is 32.2 Å². The van der Waals surface area contributed by atoms with Gasteiger partial charge in [0.1, 0.15) is 25.0 Å². The minimum atomic E-state index is -3.64. The van der Waals surface area contributed by atoms with Crippen molar-refractivity contribution in [3.63, 3.8) is 0 Å². The van der Waals surface area contributed by atoms with Gasteiger partial charge in [-0.25, -0.2) is 8.42 Å². The smallest absolute Gasteiger partial charge is 0.243 e. The highest BCUT2D eigenvalue weighted by molar-refractivity contribution is 7.92. The van der Waals surface area contributed by atoms with Gasteiger partial charge in [-0.2, -0.15) is 0 Å². The number of hydrogen-bond acceptors (Lipinski definition) is 7. The number of ether oxygens (including phenoxy) is 3. The highest BCUT2D eigenvalue weighted by Gasteiger charge is 2.30. The molecule has 1 N–H and O–H groups in total. The van der Waals surface area contributed by atoms with Crippen molar-refractivity contribution in [1.82, 2.24) is 10.2 Å². The third kappa shape index (κ3) is 8.30. The van der Waals surface area contributed by atoms with Crippen molar-refractivity contribution in [3.8, 4) is 17.2 Å². The maximum Gasteiger partial charge on any atom is 0.243 e. The number of anilines is 1. The van der Waals surface area contributed by atoms with Crippen LogP contribution in [0.2, 0.25) is 0 Å². The van der Waals surface area contributed by atoms with E-state index in [0.29, 0.717) is 42.6 Å².